The average Bonchev–Trinajstić information content (AvgIpc) is 3.03. The van der Waals surface area contributed by atoms with Gasteiger partial charge in [-0.3, -0.25) is 4.99 Å². The van der Waals surface area contributed by atoms with Crippen molar-refractivity contribution in [2.75, 3.05) is 44.2 Å². The van der Waals surface area contributed by atoms with E-state index in [0.29, 0.717) is 5.41 Å². The minimum Gasteiger partial charge on any atom is -0.360 e. The molecule has 21 heavy (non-hydrogen) atoms. The van der Waals surface area contributed by atoms with Crippen molar-refractivity contribution in [3.8, 4) is 0 Å². The van der Waals surface area contributed by atoms with E-state index in [1.54, 1.807) is 0 Å². The SMILES string of the molecule is CCNC(=NCC1(C)CC1)N1CCN(c2cccs2)CC1. The van der Waals surface area contributed by atoms with Crippen LogP contribution in [0.3, 0.4) is 0 Å². The summed E-state index contributed by atoms with van der Waals surface area (Å²) in [5, 5.41) is 7.01. The van der Waals surface area contributed by atoms with Crippen LogP contribution in [0.25, 0.3) is 0 Å². The maximum atomic E-state index is 4.87. The molecular formula is C16H26N4S. The van der Waals surface area contributed by atoms with Crippen LogP contribution in [-0.4, -0.2) is 50.1 Å². The Morgan fingerprint density at radius 1 is 1.33 bits per heavy atom. The number of piperazine rings is 1. The second-order valence-corrected chi connectivity index (χ2v) is 7.33. The largest absolute Gasteiger partial charge is 0.360 e. The first-order chi connectivity index (χ1) is 10.2. The Morgan fingerprint density at radius 2 is 2.10 bits per heavy atom. The van der Waals surface area contributed by atoms with Crippen LogP contribution < -0.4 is 10.2 Å². The third-order valence-electron chi connectivity index (χ3n) is 4.45. The first-order valence-electron chi connectivity index (χ1n) is 8.02. The van der Waals surface area contributed by atoms with Crippen molar-refractivity contribution in [2.45, 2.75) is 26.7 Å². The van der Waals surface area contributed by atoms with E-state index in [1.807, 2.05) is 11.3 Å². The highest BCUT2D eigenvalue weighted by atomic mass is 32.1. The van der Waals surface area contributed by atoms with Gasteiger partial charge < -0.3 is 15.1 Å². The van der Waals surface area contributed by atoms with Crippen molar-refractivity contribution in [3.63, 3.8) is 0 Å². The zero-order valence-corrected chi connectivity index (χ0v) is 14.0. The molecule has 116 valence electrons. The molecule has 1 saturated carbocycles. The van der Waals surface area contributed by atoms with Gasteiger partial charge in [-0.05, 0) is 42.7 Å². The van der Waals surface area contributed by atoms with Gasteiger partial charge in [-0.1, -0.05) is 6.92 Å². The molecule has 0 unspecified atom stereocenters. The topological polar surface area (TPSA) is 30.9 Å². The van der Waals surface area contributed by atoms with E-state index in [1.165, 1.54) is 17.8 Å². The molecule has 0 spiro atoms. The number of thiophene rings is 1. The Balaban J connectivity index is 1.57. The third-order valence-corrected chi connectivity index (χ3v) is 5.38. The van der Waals surface area contributed by atoms with Gasteiger partial charge in [0.05, 0.1) is 5.00 Å². The van der Waals surface area contributed by atoms with E-state index in [9.17, 15) is 0 Å². The molecule has 1 aromatic heterocycles. The lowest BCUT2D eigenvalue weighted by atomic mass is 10.1. The lowest BCUT2D eigenvalue weighted by Crippen LogP contribution is -2.52. The van der Waals surface area contributed by atoms with E-state index < -0.39 is 0 Å². The molecular weight excluding hydrogens is 280 g/mol. The second kappa shape index (κ2) is 6.26. The highest BCUT2D eigenvalue weighted by Gasteiger charge is 2.37. The van der Waals surface area contributed by atoms with E-state index in [4.69, 9.17) is 4.99 Å². The lowest BCUT2D eigenvalue weighted by molar-refractivity contribution is 0.372. The van der Waals surface area contributed by atoms with Gasteiger partial charge in [0.15, 0.2) is 5.96 Å². The Bertz CT molecular complexity index is 470. The molecule has 3 rings (SSSR count). The molecule has 1 saturated heterocycles. The predicted molar refractivity (Wildman–Crippen MR) is 91.4 cm³/mol. The molecule has 1 N–H and O–H groups in total. The molecule has 5 heteroatoms. The normalized spacial score (nSPS) is 21.5. The number of nitrogens with zero attached hydrogens (tertiary/aromatic N) is 3. The molecule has 2 aliphatic rings. The highest BCUT2D eigenvalue weighted by Crippen LogP contribution is 2.45. The van der Waals surface area contributed by atoms with Crippen molar-refractivity contribution < 1.29 is 0 Å². The number of hydrogen-bond donors (Lipinski definition) is 1. The van der Waals surface area contributed by atoms with E-state index >= 15 is 0 Å². The van der Waals surface area contributed by atoms with Crippen molar-refractivity contribution in [1.29, 1.82) is 0 Å². The van der Waals surface area contributed by atoms with E-state index in [-0.39, 0.29) is 0 Å². The Labute approximate surface area is 131 Å². The molecule has 4 nitrogen and oxygen atoms in total. The number of aliphatic imine (C=N–C) groups is 1. The number of hydrogen-bond acceptors (Lipinski definition) is 3. The summed E-state index contributed by atoms with van der Waals surface area (Å²) in [7, 11) is 0. The average molecular weight is 306 g/mol. The first kappa shape index (κ1) is 14.7. The van der Waals surface area contributed by atoms with Gasteiger partial charge in [0.2, 0.25) is 0 Å². The number of rotatable bonds is 4. The Kier molecular flexibility index (Phi) is 4.38. The zero-order chi connectivity index (χ0) is 14.7. The third kappa shape index (κ3) is 3.70. The zero-order valence-electron chi connectivity index (χ0n) is 13.1. The van der Waals surface area contributed by atoms with Crippen LogP contribution in [0.1, 0.15) is 26.7 Å². The molecule has 1 aliphatic heterocycles. The van der Waals surface area contributed by atoms with Gasteiger partial charge in [0, 0.05) is 39.3 Å². The van der Waals surface area contributed by atoms with Crippen LogP contribution in [0.4, 0.5) is 5.00 Å². The van der Waals surface area contributed by atoms with Crippen LogP contribution in [0.2, 0.25) is 0 Å². The van der Waals surface area contributed by atoms with E-state index in [2.05, 4.69) is 46.5 Å². The van der Waals surface area contributed by atoms with E-state index in [0.717, 1.165) is 45.2 Å². The fourth-order valence-corrected chi connectivity index (χ4v) is 3.44. The molecule has 2 heterocycles. The van der Waals surface area contributed by atoms with Gasteiger partial charge in [-0.15, -0.1) is 11.3 Å². The molecule has 1 aliphatic carbocycles. The minimum absolute atomic E-state index is 0.486. The maximum absolute atomic E-state index is 4.87. The minimum atomic E-state index is 0.486. The van der Waals surface area contributed by atoms with Gasteiger partial charge in [-0.2, -0.15) is 0 Å². The molecule has 2 fully saturated rings. The number of anilines is 1. The van der Waals surface area contributed by atoms with Crippen molar-refractivity contribution >= 4 is 22.3 Å². The van der Waals surface area contributed by atoms with Crippen LogP contribution in [0.15, 0.2) is 22.5 Å². The summed E-state index contributed by atoms with van der Waals surface area (Å²) in [4.78, 5) is 9.77. The molecule has 1 aromatic rings. The van der Waals surface area contributed by atoms with Gasteiger partial charge >= 0.3 is 0 Å². The maximum Gasteiger partial charge on any atom is 0.194 e. The molecule has 0 aromatic carbocycles. The van der Waals surface area contributed by atoms with Crippen LogP contribution >= 0.6 is 11.3 Å². The first-order valence-corrected chi connectivity index (χ1v) is 8.90. The standard InChI is InChI=1S/C16H26N4S/c1-3-17-15(18-13-16(2)6-7-16)20-10-8-19(9-11-20)14-5-4-12-21-14/h4-5,12H,3,6-11,13H2,1-2H3,(H,17,18). The Morgan fingerprint density at radius 3 is 2.67 bits per heavy atom. The highest BCUT2D eigenvalue weighted by molar-refractivity contribution is 7.14. The Hall–Kier alpha value is -1.23. The summed E-state index contributed by atoms with van der Waals surface area (Å²) in [5.41, 5.74) is 0.486. The van der Waals surface area contributed by atoms with Crippen molar-refractivity contribution in [1.82, 2.24) is 10.2 Å². The molecule has 0 atom stereocenters. The fourth-order valence-electron chi connectivity index (χ4n) is 2.65. The van der Waals surface area contributed by atoms with Gasteiger partial charge in [0.25, 0.3) is 0 Å². The summed E-state index contributed by atoms with van der Waals surface area (Å²) in [6.07, 6.45) is 2.67. The summed E-state index contributed by atoms with van der Waals surface area (Å²) in [6.45, 7) is 10.7. The quantitative estimate of drug-likeness (QED) is 0.685. The van der Waals surface area contributed by atoms with Crippen LogP contribution in [0, 0.1) is 5.41 Å². The summed E-state index contributed by atoms with van der Waals surface area (Å²) in [5.74, 6) is 1.11. The molecule has 0 radical (unpaired) electrons. The number of guanidine groups is 1. The summed E-state index contributed by atoms with van der Waals surface area (Å²) in [6, 6.07) is 4.35. The summed E-state index contributed by atoms with van der Waals surface area (Å²) < 4.78 is 0. The lowest BCUT2D eigenvalue weighted by Gasteiger charge is -2.37. The van der Waals surface area contributed by atoms with Gasteiger partial charge in [-0.25, -0.2) is 0 Å². The number of nitrogens with one attached hydrogen (secondary N) is 1. The molecule has 0 amide bonds. The molecule has 0 bridgehead atoms. The van der Waals surface area contributed by atoms with Crippen molar-refractivity contribution in [2.24, 2.45) is 10.4 Å². The predicted octanol–water partition coefficient (Wildman–Crippen LogP) is 2.64. The van der Waals surface area contributed by atoms with Crippen LogP contribution in [-0.2, 0) is 0 Å². The smallest absolute Gasteiger partial charge is 0.194 e. The second-order valence-electron chi connectivity index (χ2n) is 6.41. The van der Waals surface area contributed by atoms with Crippen molar-refractivity contribution in [3.05, 3.63) is 17.5 Å². The fraction of sp³-hybridized carbons (Fsp3) is 0.688. The van der Waals surface area contributed by atoms with Gasteiger partial charge in [0.1, 0.15) is 0 Å². The summed E-state index contributed by atoms with van der Waals surface area (Å²) >= 11 is 1.83. The monoisotopic (exact) mass is 306 g/mol. The van der Waals surface area contributed by atoms with Crippen LogP contribution in [0.5, 0.6) is 0 Å².